The minimum atomic E-state index is -3.61. The van der Waals surface area contributed by atoms with Gasteiger partial charge in [0.25, 0.3) is 5.91 Å². The predicted octanol–water partition coefficient (Wildman–Crippen LogP) is 2.20. The highest BCUT2D eigenvalue weighted by Crippen LogP contribution is 2.39. The highest BCUT2D eigenvalue weighted by molar-refractivity contribution is 6.02. The van der Waals surface area contributed by atoms with Crippen LogP contribution < -0.4 is 25.6 Å². The fourth-order valence-corrected chi connectivity index (χ4v) is 3.20. The quantitative estimate of drug-likeness (QED) is 0.751. The van der Waals surface area contributed by atoms with Gasteiger partial charge in [-0.25, -0.2) is 4.98 Å². The van der Waals surface area contributed by atoms with Crippen molar-refractivity contribution >= 4 is 35.0 Å². The van der Waals surface area contributed by atoms with E-state index in [0.717, 1.165) is 4.90 Å². The average Bonchev–Trinajstić information content (AvgIpc) is 2.76. The van der Waals surface area contributed by atoms with E-state index in [4.69, 9.17) is 10.5 Å². The zero-order valence-electron chi connectivity index (χ0n) is 16.6. The van der Waals surface area contributed by atoms with Crippen molar-refractivity contribution in [2.24, 2.45) is 5.73 Å². The van der Waals surface area contributed by atoms with E-state index in [1.807, 2.05) is 0 Å². The normalized spacial score (nSPS) is 16.8. The Morgan fingerprint density at radius 1 is 1.35 bits per heavy atom. The number of methoxy groups -OCH3 is 1. The minimum Gasteiger partial charge on any atom is -0.495 e. The van der Waals surface area contributed by atoms with Crippen LogP contribution in [0.1, 0.15) is 10.4 Å². The molecule has 2 aromatic rings. The van der Waals surface area contributed by atoms with Crippen LogP contribution in [0.5, 0.6) is 5.75 Å². The number of nitrogens with two attached hydrogens (primary N) is 1. The first kappa shape index (κ1) is 20.3. The number of allylic oxidation sites excluding steroid dienone is 3. The van der Waals surface area contributed by atoms with Crippen LogP contribution in [0.15, 0.2) is 48.3 Å². The predicted molar refractivity (Wildman–Crippen MR) is 110 cm³/mol. The lowest BCUT2D eigenvalue weighted by Gasteiger charge is -2.28. The minimum absolute atomic E-state index is 0.0869. The number of rotatable bonds is 5. The molecule has 9 nitrogen and oxygen atoms in total. The summed E-state index contributed by atoms with van der Waals surface area (Å²) in [7, 11) is 2.68. The lowest BCUT2D eigenvalue weighted by Crippen LogP contribution is -2.46. The molecular weight excluding hydrogens is 410 g/mol. The van der Waals surface area contributed by atoms with Gasteiger partial charge >= 0.3 is 5.92 Å². The molecule has 3 N–H and O–H groups in total. The number of benzene rings is 1. The monoisotopic (exact) mass is 428 g/mol. The molecule has 2 aliphatic rings. The summed E-state index contributed by atoms with van der Waals surface area (Å²) in [5, 5.41) is 2.95. The van der Waals surface area contributed by atoms with Gasteiger partial charge in [-0.2, -0.15) is 13.8 Å². The van der Waals surface area contributed by atoms with Gasteiger partial charge < -0.3 is 25.6 Å². The maximum atomic E-state index is 14.5. The summed E-state index contributed by atoms with van der Waals surface area (Å²) in [6.07, 6.45) is 6.30. The van der Waals surface area contributed by atoms with E-state index in [0.29, 0.717) is 17.1 Å². The van der Waals surface area contributed by atoms with E-state index < -0.39 is 24.3 Å². The molecule has 0 saturated carbocycles. The first-order valence-corrected chi connectivity index (χ1v) is 9.15. The fourth-order valence-electron chi connectivity index (χ4n) is 3.20. The Balaban J connectivity index is 1.75. The smallest absolute Gasteiger partial charge is 0.342 e. The standard InChI is InChI=1S/C20H18F2N6O3/c1-27-14-9-24-19(25-13-7-6-11(16(23)29)8-15(13)31-2)26-17(14)28(12-4-3-5-12)10-20(21,22)18(27)30/h3-9H,10H2,1-2H3,(H2,23,29)(H,24,25,26). The number of ether oxygens (including phenoxy) is 1. The number of primary amides is 1. The average molecular weight is 428 g/mol. The molecule has 1 aliphatic carbocycles. The molecule has 2 amide bonds. The van der Waals surface area contributed by atoms with E-state index in [9.17, 15) is 18.4 Å². The van der Waals surface area contributed by atoms with Crippen LogP contribution in [-0.4, -0.2) is 48.4 Å². The Hall–Kier alpha value is -4.02. The zero-order chi connectivity index (χ0) is 22.3. The molecule has 0 radical (unpaired) electrons. The van der Waals surface area contributed by atoms with E-state index in [-0.39, 0.29) is 23.0 Å². The molecule has 0 saturated heterocycles. The Bertz CT molecular complexity index is 1150. The van der Waals surface area contributed by atoms with Gasteiger partial charge in [0.15, 0.2) is 5.82 Å². The first-order chi connectivity index (χ1) is 14.7. The molecule has 2 heterocycles. The van der Waals surface area contributed by atoms with Crippen LogP contribution in [0.3, 0.4) is 0 Å². The number of nitrogens with one attached hydrogen (secondary N) is 1. The summed E-state index contributed by atoms with van der Waals surface area (Å²) in [4.78, 5) is 34.3. The number of carbonyl (C=O) groups is 2. The van der Waals surface area contributed by atoms with Crippen LogP contribution >= 0.6 is 0 Å². The second-order valence-electron chi connectivity index (χ2n) is 6.91. The Morgan fingerprint density at radius 3 is 2.71 bits per heavy atom. The third-order valence-electron chi connectivity index (χ3n) is 4.92. The number of halogens is 2. The topological polar surface area (TPSA) is 114 Å². The number of anilines is 4. The Kier molecular flexibility index (Phi) is 4.80. The highest BCUT2D eigenvalue weighted by atomic mass is 19.3. The summed E-state index contributed by atoms with van der Waals surface area (Å²) < 4.78 is 34.3. The molecule has 0 fully saturated rings. The van der Waals surface area contributed by atoms with Gasteiger partial charge in [0, 0.05) is 18.3 Å². The van der Waals surface area contributed by atoms with Crippen LogP contribution in [0.2, 0.25) is 0 Å². The number of aromatic nitrogens is 2. The molecular formula is C20H18F2N6O3. The second-order valence-corrected chi connectivity index (χ2v) is 6.91. The van der Waals surface area contributed by atoms with Gasteiger partial charge in [-0.3, -0.25) is 9.59 Å². The molecule has 11 heteroatoms. The number of hydrogen-bond acceptors (Lipinski definition) is 7. The van der Waals surface area contributed by atoms with Crippen LogP contribution in [0.4, 0.5) is 31.9 Å². The third-order valence-corrected chi connectivity index (χ3v) is 4.92. The van der Waals surface area contributed by atoms with Gasteiger partial charge in [0.2, 0.25) is 11.9 Å². The number of carbonyl (C=O) groups excluding carboxylic acids is 2. The van der Waals surface area contributed by atoms with E-state index >= 15 is 0 Å². The maximum Gasteiger partial charge on any atom is 0.342 e. The molecule has 1 aliphatic heterocycles. The van der Waals surface area contributed by atoms with Gasteiger partial charge in [0.05, 0.1) is 25.5 Å². The van der Waals surface area contributed by atoms with Crippen molar-refractivity contribution in [3.05, 3.63) is 53.9 Å². The number of fused-ring (bicyclic) bond motifs is 1. The van der Waals surface area contributed by atoms with Crippen LogP contribution in [0, 0.1) is 0 Å². The second kappa shape index (κ2) is 7.35. The van der Waals surface area contributed by atoms with E-state index in [2.05, 4.69) is 15.3 Å². The van der Waals surface area contributed by atoms with Gasteiger partial charge in [0.1, 0.15) is 11.4 Å². The van der Waals surface area contributed by atoms with Crippen molar-refractivity contribution in [2.75, 3.05) is 35.8 Å². The van der Waals surface area contributed by atoms with Gasteiger partial charge in [-0.05, 0) is 30.4 Å². The van der Waals surface area contributed by atoms with Crippen molar-refractivity contribution in [1.82, 2.24) is 9.97 Å². The molecule has 4 rings (SSSR count). The third kappa shape index (κ3) is 3.54. The molecule has 0 spiro atoms. The number of hydrogen-bond donors (Lipinski definition) is 2. The lowest BCUT2D eigenvalue weighted by molar-refractivity contribution is -0.140. The lowest BCUT2D eigenvalue weighted by atomic mass is 10.1. The fraction of sp³-hybridized carbons (Fsp3) is 0.200. The Labute approximate surface area is 175 Å². The van der Waals surface area contributed by atoms with E-state index in [1.165, 1.54) is 37.4 Å². The summed E-state index contributed by atoms with van der Waals surface area (Å²) in [5.74, 6) is -5.01. The molecule has 0 unspecified atom stereocenters. The highest BCUT2D eigenvalue weighted by Gasteiger charge is 2.48. The van der Waals surface area contributed by atoms with E-state index in [1.54, 1.807) is 24.3 Å². The molecule has 0 atom stereocenters. The molecule has 0 bridgehead atoms. The molecule has 31 heavy (non-hydrogen) atoms. The maximum absolute atomic E-state index is 14.5. The van der Waals surface area contributed by atoms with Crippen molar-refractivity contribution in [3.8, 4) is 5.75 Å². The summed E-state index contributed by atoms with van der Waals surface area (Å²) in [6.45, 7) is -0.855. The van der Waals surface area contributed by atoms with Gasteiger partial charge in [-0.1, -0.05) is 6.08 Å². The number of nitrogens with zero attached hydrogens (tertiary/aromatic N) is 4. The largest absolute Gasteiger partial charge is 0.495 e. The van der Waals surface area contributed by atoms with Crippen molar-refractivity contribution in [3.63, 3.8) is 0 Å². The summed E-state index contributed by atoms with van der Waals surface area (Å²) in [5.41, 5.74) is 6.62. The summed E-state index contributed by atoms with van der Waals surface area (Å²) in [6, 6.07) is 4.52. The molecule has 160 valence electrons. The van der Waals surface area contributed by atoms with Crippen molar-refractivity contribution in [1.29, 1.82) is 0 Å². The SMILES string of the molecule is COc1cc(C(N)=O)ccc1Nc1ncc2c(n1)N(C1=CC=C1)CC(F)(F)C(=O)N2C. The molecule has 1 aromatic carbocycles. The van der Waals surface area contributed by atoms with Crippen molar-refractivity contribution < 1.29 is 23.1 Å². The van der Waals surface area contributed by atoms with Crippen molar-refractivity contribution in [2.45, 2.75) is 5.92 Å². The summed E-state index contributed by atoms with van der Waals surface area (Å²) >= 11 is 0. The first-order valence-electron chi connectivity index (χ1n) is 9.15. The number of amides is 2. The van der Waals surface area contributed by atoms with Crippen LogP contribution in [-0.2, 0) is 4.79 Å². The Morgan fingerprint density at radius 2 is 2.10 bits per heavy atom. The molecule has 1 aromatic heterocycles. The van der Waals surface area contributed by atoms with Gasteiger partial charge in [-0.15, -0.1) is 0 Å². The zero-order valence-corrected chi connectivity index (χ0v) is 16.6. The van der Waals surface area contributed by atoms with Crippen LogP contribution in [0.25, 0.3) is 0 Å². The number of alkyl halides is 2.